The van der Waals surface area contributed by atoms with Crippen LogP contribution >= 0.6 is 0 Å². The van der Waals surface area contributed by atoms with Crippen LogP contribution in [-0.4, -0.2) is 22.5 Å². The lowest BCUT2D eigenvalue weighted by Gasteiger charge is -2.20. The van der Waals surface area contributed by atoms with Crippen molar-refractivity contribution in [2.45, 2.75) is 45.6 Å². The molecule has 0 heterocycles. The fraction of sp³-hybridized carbons (Fsp3) is 0.800. The van der Waals surface area contributed by atoms with Crippen molar-refractivity contribution >= 4 is 11.9 Å². The van der Waals surface area contributed by atoms with Gasteiger partial charge in [-0.2, -0.15) is 0 Å². The number of carbonyl (C=O) groups is 2. The zero-order chi connectivity index (χ0) is 11.0. The summed E-state index contributed by atoms with van der Waals surface area (Å²) in [6, 6.07) is 0. The Morgan fingerprint density at radius 2 is 1.86 bits per heavy atom. The first kappa shape index (κ1) is 11.0. The van der Waals surface area contributed by atoms with Crippen LogP contribution in [0.1, 0.15) is 40.0 Å². The number of hydrogen-bond acceptors (Lipinski definition) is 2. The predicted molar refractivity (Wildman–Crippen MR) is 51.8 cm³/mol. The van der Waals surface area contributed by atoms with E-state index in [0.717, 1.165) is 12.8 Å². The SMILES string of the molecule is CCC1(CC)C[C@@]1(NC(C)=O)C(=O)O. The molecule has 0 saturated heterocycles. The third-order valence-corrected chi connectivity index (χ3v) is 3.49. The van der Waals surface area contributed by atoms with Crippen molar-refractivity contribution in [1.82, 2.24) is 5.32 Å². The summed E-state index contributed by atoms with van der Waals surface area (Å²) in [5.41, 5.74) is -1.23. The molecule has 1 rings (SSSR count). The van der Waals surface area contributed by atoms with Gasteiger partial charge in [0, 0.05) is 12.3 Å². The fourth-order valence-electron chi connectivity index (χ4n) is 2.40. The van der Waals surface area contributed by atoms with Gasteiger partial charge in [0.25, 0.3) is 0 Å². The lowest BCUT2D eigenvalue weighted by molar-refractivity contribution is -0.144. The zero-order valence-electron chi connectivity index (χ0n) is 8.89. The second kappa shape index (κ2) is 3.26. The molecule has 4 heteroatoms. The first-order valence-corrected chi connectivity index (χ1v) is 4.96. The Morgan fingerprint density at radius 1 is 1.36 bits per heavy atom. The molecular weight excluding hydrogens is 182 g/mol. The van der Waals surface area contributed by atoms with Crippen LogP contribution in [0.15, 0.2) is 0 Å². The second-order valence-electron chi connectivity index (χ2n) is 4.06. The molecular formula is C10H17NO3. The third kappa shape index (κ3) is 1.29. The van der Waals surface area contributed by atoms with Crippen molar-refractivity contribution in [3.05, 3.63) is 0 Å². The highest BCUT2D eigenvalue weighted by molar-refractivity contribution is 5.90. The minimum Gasteiger partial charge on any atom is -0.479 e. The maximum absolute atomic E-state index is 11.1. The minimum atomic E-state index is -0.998. The molecule has 1 aliphatic rings. The molecule has 2 N–H and O–H groups in total. The first-order valence-electron chi connectivity index (χ1n) is 4.96. The topological polar surface area (TPSA) is 66.4 Å². The summed E-state index contributed by atoms with van der Waals surface area (Å²) >= 11 is 0. The smallest absolute Gasteiger partial charge is 0.330 e. The van der Waals surface area contributed by atoms with E-state index in [2.05, 4.69) is 5.32 Å². The van der Waals surface area contributed by atoms with Gasteiger partial charge >= 0.3 is 5.97 Å². The molecule has 0 radical (unpaired) electrons. The molecule has 0 aromatic rings. The molecule has 14 heavy (non-hydrogen) atoms. The summed E-state index contributed by atoms with van der Waals surface area (Å²) in [5, 5.41) is 11.7. The molecule has 0 bridgehead atoms. The highest BCUT2D eigenvalue weighted by Gasteiger charge is 2.70. The molecule has 0 aliphatic heterocycles. The molecule has 1 saturated carbocycles. The van der Waals surface area contributed by atoms with Gasteiger partial charge in [-0.3, -0.25) is 4.79 Å². The number of amides is 1. The van der Waals surface area contributed by atoms with Gasteiger partial charge < -0.3 is 10.4 Å². The Labute approximate surface area is 83.7 Å². The van der Waals surface area contributed by atoms with Crippen LogP contribution in [0, 0.1) is 5.41 Å². The summed E-state index contributed by atoms with van der Waals surface area (Å²) < 4.78 is 0. The van der Waals surface area contributed by atoms with Crippen LogP contribution in [0.2, 0.25) is 0 Å². The van der Waals surface area contributed by atoms with E-state index in [4.69, 9.17) is 5.11 Å². The molecule has 1 fully saturated rings. The van der Waals surface area contributed by atoms with Crippen LogP contribution < -0.4 is 5.32 Å². The highest BCUT2D eigenvalue weighted by Crippen LogP contribution is 2.61. The van der Waals surface area contributed by atoms with E-state index in [1.165, 1.54) is 6.92 Å². The number of carboxylic acid groups (broad SMARTS) is 1. The van der Waals surface area contributed by atoms with E-state index in [0.29, 0.717) is 6.42 Å². The summed E-state index contributed by atoms with van der Waals surface area (Å²) in [5.74, 6) is -1.17. The van der Waals surface area contributed by atoms with Gasteiger partial charge in [0.1, 0.15) is 5.54 Å². The lowest BCUT2D eigenvalue weighted by Crippen LogP contribution is -2.46. The largest absolute Gasteiger partial charge is 0.479 e. The molecule has 4 nitrogen and oxygen atoms in total. The molecule has 0 aromatic carbocycles. The minimum absolute atomic E-state index is 0.232. The number of hydrogen-bond donors (Lipinski definition) is 2. The van der Waals surface area contributed by atoms with E-state index >= 15 is 0 Å². The lowest BCUT2D eigenvalue weighted by atomic mass is 9.93. The van der Waals surface area contributed by atoms with Crippen LogP contribution in [0.5, 0.6) is 0 Å². The van der Waals surface area contributed by atoms with Crippen molar-refractivity contribution in [1.29, 1.82) is 0 Å². The van der Waals surface area contributed by atoms with Gasteiger partial charge in [-0.05, 0) is 19.3 Å². The Balaban J connectivity index is 2.89. The number of carbonyl (C=O) groups excluding carboxylic acids is 1. The van der Waals surface area contributed by atoms with Crippen molar-refractivity contribution in [2.24, 2.45) is 5.41 Å². The van der Waals surface area contributed by atoms with Gasteiger partial charge in [-0.15, -0.1) is 0 Å². The van der Waals surface area contributed by atoms with Gasteiger partial charge in [-0.25, -0.2) is 4.79 Å². The van der Waals surface area contributed by atoms with Crippen LogP contribution in [0.25, 0.3) is 0 Å². The quantitative estimate of drug-likeness (QED) is 0.714. The zero-order valence-corrected chi connectivity index (χ0v) is 8.89. The Bertz CT molecular complexity index is 271. The van der Waals surface area contributed by atoms with Crippen LogP contribution in [0.3, 0.4) is 0 Å². The summed E-state index contributed by atoms with van der Waals surface area (Å²) in [6.45, 7) is 5.30. The van der Waals surface area contributed by atoms with E-state index in [1.807, 2.05) is 13.8 Å². The second-order valence-corrected chi connectivity index (χ2v) is 4.06. The van der Waals surface area contributed by atoms with E-state index in [-0.39, 0.29) is 11.3 Å². The summed E-state index contributed by atoms with van der Waals surface area (Å²) in [6.07, 6.45) is 2.13. The van der Waals surface area contributed by atoms with Crippen LogP contribution in [-0.2, 0) is 9.59 Å². The van der Waals surface area contributed by atoms with E-state index < -0.39 is 11.5 Å². The standard InChI is InChI=1S/C10H17NO3/c1-4-9(5-2)6-10(9,8(13)14)11-7(3)12/h4-6H2,1-3H3,(H,11,12)(H,13,14)/t10-/m1/s1. The molecule has 0 unspecified atom stereocenters. The normalized spacial score (nSPS) is 28.2. The van der Waals surface area contributed by atoms with E-state index in [9.17, 15) is 9.59 Å². The Kier molecular flexibility index (Phi) is 2.56. The number of aliphatic carboxylic acids is 1. The molecule has 80 valence electrons. The van der Waals surface area contributed by atoms with Crippen molar-refractivity contribution < 1.29 is 14.7 Å². The third-order valence-electron chi connectivity index (χ3n) is 3.49. The molecule has 0 aromatic heterocycles. The monoisotopic (exact) mass is 199 g/mol. The Morgan fingerprint density at radius 3 is 2.07 bits per heavy atom. The summed E-state index contributed by atoms with van der Waals surface area (Å²) in [4.78, 5) is 22.1. The van der Waals surface area contributed by atoms with E-state index in [1.54, 1.807) is 0 Å². The van der Waals surface area contributed by atoms with Crippen LogP contribution in [0.4, 0.5) is 0 Å². The first-order chi connectivity index (χ1) is 6.44. The number of carboxylic acids is 1. The molecule has 1 atom stereocenters. The maximum atomic E-state index is 11.1. The number of rotatable bonds is 4. The fourth-order valence-corrected chi connectivity index (χ4v) is 2.40. The van der Waals surface area contributed by atoms with Crippen molar-refractivity contribution in [3.8, 4) is 0 Å². The molecule has 1 amide bonds. The van der Waals surface area contributed by atoms with Gasteiger partial charge in [0.2, 0.25) is 5.91 Å². The summed E-state index contributed by atoms with van der Waals surface area (Å²) in [7, 11) is 0. The van der Waals surface area contributed by atoms with Crippen molar-refractivity contribution in [2.75, 3.05) is 0 Å². The molecule has 0 spiro atoms. The van der Waals surface area contributed by atoms with Crippen molar-refractivity contribution in [3.63, 3.8) is 0 Å². The molecule has 1 aliphatic carbocycles. The van der Waals surface area contributed by atoms with Gasteiger partial charge in [0.15, 0.2) is 0 Å². The maximum Gasteiger partial charge on any atom is 0.330 e. The average Bonchev–Trinajstić information content (AvgIpc) is 2.74. The number of nitrogens with one attached hydrogen (secondary N) is 1. The van der Waals surface area contributed by atoms with Gasteiger partial charge in [-0.1, -0.05) is 13.8 Å². The Hall–Kier alpha value is -1.06. The average molecular weight is 199 g/mol. The highest BCUT2D eigenvalue weighted by atomic mass is 16.4. The predicted octanol–water partition coefficient (Wildman–Crippen LogP) is 1.16. The van der Waals surface area contributed by atoms with Gasteiger partial charge in [0.05, 0.1) is 0 Å².